The molecule has 0 amide bonds. The standard InChI is InChI=1S/C26H24O7/c1-30-22(27)25-15-20(17-10-6-4-7-11-17)33-21(18-12-8-5-9-13-18)19(25)14-26(16-25,23(28)31-2)24(29)32-3/h4-13,15H,14,16H2,1-3H3. The van der Waals surface area contributed by atoms with E-state index < -0.39 is 28.7 Å². The molecule has 1 unspecified atom stereocenters. The fraction of sp³-hybridized carbons (Fsp3) is 0.269. The van der Waals surface area contributed by atoms with Crippen LogP contribution in [-0.2, 0) is 33.3 Å². The molecule has 4 rings (SSSR count). The van der Waals surface area contributed by atoms with Gasteiger partial charge >= 0.3 is 17.9 Å². The van der Waals surface area contributed by atoms with Crippen molar-refractivity contribution in [2.24, 2.45) is 10.8 Å². The number of ether oxygens (including phenoxy) is 4. The molecule has 2 aliphatic rings. The maximum atomic E-state index is 13.4. The van der Waals surface area contributed by atoms with Crippen molar-refractivity contribution in [2.45, 2.75) is 12.8 Å². The van der Waals surface area contributed by atoms with Gasteiger partial charge in [-0.05, 0) is 18.1 Å². The van der Waals surface area contributed by atoms with Gasteiger partial charge in [0.15, 0.2) is 5.41 Å². The van der Waals surface area contributed by atoms with E-state index in [1.54, 1.807) is 6.08 Å². The van der Waals surface area contributed by atoms with Gasteiger partial charge in [0.1, 0.15) is 16.9 Å². The lowest BCUT2D eigenvalue weighted by molar-refractivity contribution is -0.169. The zero-order valence-corrected chi connectivity index (χ0v) is 18.6. The van der Waals surface area contributed by atoms with E-state index in [9.17, 15) is 14.4 Å². The van der Waals surface area contributed by atoms with Gasteiger partial charge in [0.25, 0.3) is 0 Å². The SMILES string of the molecule is COC(=O)C12C=C(c3ccccc3)OC(c3ccccc3)=C1CC(C(=O)OC)(C(=O)OC)C2. The molecule has 170 valence electrons. The summed E-state index contributed by atoms with van der Waals surface area (Å²) in [7, 11) is 3.68. The lowest BCUT2D eigenvalue weighted by Gasteiger charge is -2.32. The van der Waals surface area contributed by atoms with Crippen LogP contribution < -0.4 is 0 Å². The monoisotopic (exact) mass is 448 g/mol. The van der Waals surface area contributed by atoms with Crippen LogP contribution in [0.2, 0.25) is 0 Å². The second-order valence-electron chi connectivity index (χ2n) is 8.03. The second-order valence-corrected chi connectivity index (χ2v) is 8.03. The van der Waals surface area contributed by atoms with Crippen LogP contribution in [0, 0.1) is 10.8 Å². The number of rotatable bonds is 5. The Morgan fingerprint density at radius 2 is 1.27 bits per heavy atom. The topological polar surface area (TPSA) is 88.1 Å². The second kappa shape index (κ2) is 8.58. The zero-order chi connectivity index (χ0) is 23.6. The van der Waals surface area contributed by atoms with Crippen LogP contribution in [0.4, 0.5) is 0 Å². The minimum Gasteiger partial charge on any atom is -0.468 e. The molecule has 0 saturated heterocycles. The Morgan fingerprint density at radius 1 is 0.758 bits per heavy atom. The lowest BCUT2D eigenvalue weighted by atomic mass is 9.76. The smallest absolute Gasteiger partial charge is 0.323 e. The number of hydrogen-bond acceptors (Lipinski definition) is 7. The van der Waals surface area contributed by atoms with Gasteiger partial charge in [-0.25, -0.2) is 0 Å². The Hall–Kier alpha value is -3.87. The van der Waals surface area contributed by atoms with E-state index in [-0.39, 0.29) is 12.8 Å². The van der Waals surface area contributed by atoms with Crippen LogP contribution >= 0.6 is 0 Å². The molecule has 2 aromatic carbocycles. The van der Waals surface area contributed by atoms with Crippen molar-refractivity contribution < 1.29 is 33.3 Å². The Bertz CT molecular complexity index is 1130. The normalized spacial score (nSPS) is 20.8. The van der Waals surface area contributed by atoms with Crippen molar-refractivity contribution in [1.29, 1.82) is 0 Å². The molecule has 0 spiro atoms. The maximum Gasteiger partial charge on any atom is 0.323 e. The number of esters is 3. The summed E-state index contributed by atoms with van der Waals surface area (Å²) < 4.78 is 21.5. The summed E-state index contributed by atoms with van der Waals surface area (Å²) in [5.41, 5.74) is -1.24. The average molecular weight is 448 g/mol. The van der Waals surface area contributed by atoms with Gasteiger partial charge in [0.2, 0.25) is 0 Å². The number of hydrogen-bond donors (Lipinski definition) is 0. The van der Waals surface area contributed by atoms with E-state index >= 15 is 0 Å². The first-order chi connectivity index (χ1) is 15.9. The highest BCUT2D eigenvalue weighted by molar-refractivity contribution is 6.05. The highest BCUT2D eigenvalue weighted by atomic mass is 16.5. The van der Waals surface area contributed by atoms with Crippen molar-refractivity contribution in [3.8, 4) is 0 Å². The minimum absolute atomic E-state index is 0.107. The van der Waals surface area contributed by atoms with Gasteiger partial charge in [0, 0.05) is 17.5 Å². The van der Waals surface area contributed by atoms with Crippen molar-refractivity contribution in [1.82, 2.24) is 0 Å². The third-order valence-corrected chi connectivity index (χ3v) is 6.26. The molecule has 0 bridgehead atoms. The molecular formula is C26H24O7. The number of methoxy groups -OCH3 is 3. The minimum atomic E-state index is -1.72. The van der Waals surface area contributed by atoms with Crippen LogP contribution in [0.25, 0.3) is 11.5 Å². The largest absolute Gasteiger partial charge is 0.468 e. The summed E-state index contributed by atoms with van der Waals surface area (Å²) in [4.78, 5) is 39.3. The van der Waals surface area contributed by atoms with E-state index in [0.717, 1.165) is 5.56 Å². The summed E-state index contributed by atoms with van der Waals surface area (Å²) in [5.74, 6) is -1.33. The van der Waals surface area contributed by atoms with Gasteiger partial charge in [-0.2, -0.15) is 0 Å². The number of carbonyl (C=O) groups is 3. The van der Waals surface area contributed by atoms with Crippen LogP contribution in [0.15, 0.2) is 72.3 Å². The van der Waals surface area contributed by atoms with Crippen molar-refractivity contribution >= 4 is 29.4 Å². The first-order valence-corrected chi connectivity index (χ1v) is 10.4. The molecule has 0 N–H and O–H groups in total. The molecule has 2 aromatic rings. The summed E-state index contributed by atoms with van der Waals surface area (Å²) in [6, 6.07) is 18.5. The first kappa shape index (κ1) is 22.3. The summed E-state index contributed by atoms with van der Waals surface area (Å²) in [5, 5.41) is 0. The van der Waals surface area contributed by atoms with Crippen molar-refractivity contribution in [2.75, 3.05) is 21.3 Å². The molecule has 1 fully saturated rings. The molecule has 7 heteroatoms. The van der Waals surface area contributed by atoms with Crippen LogP contribution in [0.1, 0.15) is 24.0 Å². The Morgan fingerprint density at radius 3 is 1.79 bits per heavy atom. The molecule has 1 aliphatic carbocycles. The van der Waals surface area contributed by atoms with Crippen LogP contribution in [-0.4, -0.2) is 39.2 Å². The fourth-order valence-electron chi connectivity index (χ4n) is 4.72. The van der Waals surface area contributed by atoms with E-state index in [0.29, 0.717) is 22.7 Å². The average Bonchev–Trinajstić information content (AvgIpc) is 3.25. The first-order valence-electron chi connectivity index (χ1n) is 10.4. The van der Waals surface area contributed by atoms with E-state index in [4.69, 9.17) is 18.9 Å². The third-order valence-electron chi connectivity index (χ3n) is 6.26. The Balaban J connectivity index is 2.02. The predicted octanol–water partition coefficient (Wildman–Crippen LogP) is 3.75. The van der Waals surface area contributed by atoms with Gasteiger partial charge in [0.05, 0.1) is 21.3 Å². The van der Waals surface area contributed by atoms with E-state index in [1.807, 2.05) is 60.7 Å². The molecule has 0 radical (unpaired) electrons. The van der Waals surface area contributed by atoms with Crippen LogP contribution in [0.5, 0.6) is 0 Å². The molecule has 1 aliphatic heterocycles. The van der Waals surface area contributed by atoms with Crippen molar-refractivity contribution in [3.05, 3.63) is 83.4 Å². The predicted molar refractivity (Wildman–Crippen MR) is 119 cm³/mol. The summed E-state index contributed by atoms with van der Waals surface area (Å²) in [6.07, 6.45) is 1.34. The lowest BCUT2D eigenvalue weighted by Crippen LogP contribution is -2.41. The molecule has 1 saturated carbocycles. The number of fused-ring (bicyclic) bond motifs is 1. The Kier molecular flexibility index (Phi) is 5.80. The van der Waals surface area contributed by atoms with E-state index in [2.05, 4.69) is 0 Å². The molecule has 7 nitrogen and oxygen atoms in total. The molecular weight excluding hydrogens is 424 g/mol. The molecule has 33 heavy (non-hydrogen) atoms. The quantitative estimate of drug-likeness (QED) is 0.391. The van der Waals surface area contributed by atoms with Crippen LogP contribution in [0.3, 0.4) is 0 Å². The van der Waals surface area contributed by atoms with Crippen molar-refractivity contribution in [3.63, 3.8) is 0 Å². The van der Waals surface area contributed by atoms with Gasteiger partial charge in [-0.3, -0.25) is 14.4 Å². The van der Waals surface area contributed by atoms with Gasteiger partial charge in [-0.1, -0.05) is 60.7 Å². The third kappa shape index (κ3) is 3.50. The molecule has 1 atom stereocenters. The fourth-order valence-corrected chi connectivity index (χ4v) is 4.72. The summed E-state index contributed by atoms with van der Waals surface area (Å²) >= 11 is 0. The number of carbonyl (C=O) groups excluding carboxylic acids is 3. The molecule has 0 aromatic heterocycles. The summed E-state index contributed by atoms with van der Waals surface area (Å²) in [6.45, 7) is 0. The zero-order valence-electron chi connectivity index (χ0n) is 18.6. The van der Waals surface area contributed by atoms with Gasteiger partial charge < -0.3 is 18.9 Å². The maximum absolute atomic E-state index is 13.4. The number of benzene rings is 2. The van der Waals surface area contributed by atoms with E-state index in [1.165, 1.54) is 21.3 Å². The van der Waals surface area contributed by atoms with Gasteiger partial charge in [-0.15, -0.1) is 0 Å². The highest BCUT2D eigenvalue weighted by Crippen LogP contribution is 2.60. The molecule has 1 heterocycles. The Labute approximate surface area is 191 Å². The highest BCUT2D eigenvalue weighted by Gasteiger charge is 2.66.